The van der Waals surface area contributed by atoms with Crippen LogP contribution in [0.1, 0.15) is 23.8 Å². The van der Waals surface area contributed by atoms with Crippen molar-refractivity contribution in [1.82, 2.24) is 4.90 Å². The number of hydrogen-bond donors (Lipinski definition) is 0. The van der Waals surface area contributed by atoms with Crippen LogP contribution >= 0.6 is 11.6 Å². The Morgan fingerprint density at radius 2 is 2.05 bits per heavy atom. The quantitative estimate of drug-likeness (QED) is 0.775. The number of halogens is 1. The van der Waals surface area contributed by atoms with Crippen molar-refractivity contribution >= 4 is 23.2 Å². The average molecular weight is 304 g/mol. The van der Waals surface area contributed by atoms with Crippen molar-refractivity contribution < 1.29 is 9.21 Å². The minimum Gasteiger partial charge on any atom is -0.467 e. The Labute approximate surface area is 129 Å². The normalized spacial score (nSPS) is 11.5. The van der Waals surface area contributed by atoms with Gasteiger partial charge < -0.3 is 9.32 Å². The third-order valence-electron chi connectivity index (χ3n) is 3.29. The first-order chi connectivity index (χ1) is 10.2. The van der Waals surface area contributed by atoms with Crippen LogP contribution in [0.25, 0.3) is 5.70 Å². The van der Waals surface area contributed by atoms with E-state index < -0.39 is 0 Å². The Balaban J connectivity index is 2.39. The molecular weight excluding hydrogens is 286 g/mol. The minimum absolute atomic E-state index is 0.0655. The van der Waals surface area contributed by atoms with E-state index in [4.69, 9.17) is 16.0 Å². The number of carbonyl (C=O) groups excluding carboxylic acids is 1. The van der Waals surface area contributed by atoms with Crippen LogP contribution < -0.4 is 0 Å². The van der Waals surface area contributed by atoms with E-state index in [1.807, 2.05) is 56.3 Å². The van der Waals surface area contributed by atoms with E-state index in [1.54, 1.807) is 11.2 Å². The molecule has 0 fully saturated rings. The van der Waals surface area contributed by atoms with Crippen LogP contribution in [0.2, 0.25) is 0 Å². The summed E-state index contributed by atoms with van der Waals surface area (Å²) in [5.41, 5.74) is 2.97. The molecular formula is C17H18ClNO2. The fraction of sp³-hybridized carbons (Fsp3) is 0.235. The first-order valence-electron chi connectivity index (χ1n) is 6.78. The van der Waals surface area contributed by atoms with Crippen LogP contribution in [-0.4, -0.2) is 16.7 Å². The van der Waals surface area contributed by atoms with Gasteiger partial charge in [0.15, 0.2) is 0 Å². The van der Waals surface area contributed by atoms with E-state index in [1.165, 1.54) is 0 Å². The second-order valence-electron chi connectivity index (χ2n) is 4.68. The van der Waals surface area contributed by atoms with Gasteiger partial charge in [-0.15, -0.1) is 11.6 Å². The third kappa shape index (κ3) is 3.56. The highest BCUT2D eigenvalue weighted by Crippen LogP contribution is 2.25. The molecule has 0 aliphatic carbocycles. The smallest absolute Gasteiger partial charge is 0.242 e. The SMILES string of the molecule is C/C=C(/c1ccccc1C)N(Cc1ccco1)C(=O)CCl. The topological polar surface area (TPSA) is 33.5 Å². The lowest BCUT2D eigenvalue weighted by Gasteiger charge is -2.25. The van der Waals surface area contributed by atoms with Gasteiger partial charge in [0.25, 0.3) is 0 Å². The zero-order chi connectivity index (χ0) is 15.2. The average Bonchev–Trinajstić information content (AvgIpc) is 3.01. The molecule has 0 N–H and O–H groups in total. The molecule has 0 saturated heterocycles. The van der Waals surface area contributed by atoms with E-state index >= 15 is 0 Å². The summed E-state index contributed by atoms with van der Waals surface area (Å²) in [4.78, 5) is 13.9. The number of benzene rings is 1. The molecule has 1 aromatic heterocycles. The van der Waals surface area contributed by atoms with Gasteiger partial charge in [0.05, 0.1) is 12.8 Å². The molecule has 0 spiro atoms. The summed E-state index contributed by atoms with van der Waals surface area (Å²) < 4.78 is 5.36. The van der Waals surface area contributed by atoms with Crippen molar-refractivity contribution in [3.05, 3.63) is 65.6 Å². The Morgan fingerprint density at radius 3 is 2.62 bits per heavy atom. The maximum Gasteiger partial charge on any atom is 0.242 e. The highest BCUT2D eigenvalue weighted by atomic mass is 35.5. The summed E-state index contributed by atoms with van der Waals surface area (Å²) in [6, 6.07) is 11.6. The highest BCUT2D eigenvalue weighted by molar-refractivity contribution is 6.27. The van der Waals surface area contributed by atoms with Gasteiger partial charge in [-0.25, -0.2) is 0 Å². The fourth-order valence-electron chi connectivity index (χ4n) is 2.26. The number of carbonyl (C=O) groups is 1. The summed E-state index contributed by atoms with van der Waals surface area (Å²) in [5.74, 6) is 0.509. The van der Waals surface area contributed by atoms with Gasteiger partial charge in [-0.3, -0.25) is 4.79 Å². The van der Waals surface area contributed by atoms with E-state index in [2.05, 4.69) is 0 Å². The minimum atomic E-state index is -0.149. The lowest BCUT2D eigenvalue weighted by molar-refractivity contribution is -0.125. The van der Waals surface area contributed by atoms with Gasteiger partial charge in [0, 0.05) is 11.3 Å². The van der Waals surface area contributed by atoms with Crippen molar-refractivity contribution in [2.45, 2.75) is 20.4 Å². The molecule has 1 amide bonds. The van der Waals surface area contributed by atoms with Crippen molar-refractivity contribution in [2.75, 3.05) is 5.88 Å². The standard InChI is InChI=1S/C17H18ClNO2/c1-3-16(15-9-5-4-7-13(15)2)19(17(20)11-18)12-14-8-6-10-21-14/h3-10H,11-12H2,1-2H3/b16-3-. The number of aryl methyl sites for hydroxylation is 1. The Hall–Kier alpha value is -2.00. The highest BCUT2D eigenvalue weighted by Gasteiger charge is 2.20. The number of hydrogen-bond acceptors (Lipinski definition) is 2. The van der Waals surface area contributed by atoms with Gasteiger partial charge in [0.1, 0.15) is 11.6 Å². The predicted octanol–water partition coefficient (Wildman–Crippen LogP) is 4.22. The molecule has 0 atom stereocenters. The molecule has 3 nitrogen and oxygen atoms in total. The summed E-state index contributed by atoms with van der Waals surface area (Å²) in [5, 5.41) is 0. The van der Waals surface area contributed by atoms with Crippen molar-refractivity contribution in [3.63, 3.8) is 0 Å². The molecule has 0 unspecified atom stereocenters. The lowest BCUT2D eigenvalue weighted by atomic mass is 10.0. The molecule has 0 aliphatic rings. The number of nitrogens with zero attached hydrogens (tertiary/aromatic N) is 1. The summed E-state index contributed by atoms with van der Waals surface area (Å²) in [6.07, 6.45) is 3.53. The van der Waals surface area contributed by atoms with Crippen molar-refractivity contribution in [2.24, 2.45) is 0 Å². The number of rotatable bonds is 5. The van der Waals surface area contributed by atoms with Crippen LogP contribution in [0.15, 0.2) is 53.2 Å². The number of furan rings is 1. The van der Waals surface area contributed by atoms with Crippen molar-refractivity contribution in [3.8, 4) is 0 Å². The van der Waals surface area contributed by atoms with Crippen LogP contribution in [0.4, 0.5) is 0 Å². The van der Waals surface area contributed by atoms with Gasteiger partial charge in [0.2, 0.25) is 5.91 Å². The molecule has 0 radical (unpaired) electrons. The zero-order valence-electron chi connectivity index (χ0n) is 12.2. The van der Waals surface area contributed by atoms with E-state index in [0.717, 1.165) is 22.6 Å². The van der Waals surface area contributed by atoms with Crippen LogP contribution in [0, 0.1) is 6.92 Å². The number of alkyl halides is 1. The second-order valence-corrected chi connectivity index (χ2v) is 4.95. The summed E-state index contributed by atoms with van der Waals surface area (Å²) in [6.45, 7) is 4.31. The van der Waals surface area contributed by atoms with Crippen LogP contribution in [0.3, 0.4) is 0 Å². The maximum atomic E-state index is 12.2. The van der Waals surface area contributed by atoms with Gasteiger partial charge in [-0.1, -0.05) is 30.3 Å². The Bertz CT molecular complexity index is 632. The van der Waals surface area contributed by atoms with E-state index in [0.29, 0.717) is 6.54 Å². The van der Waals surface area contributed by atoms with Crippen LogP contribution in [-0.2, 0) is 11.3 Å². The van der Waals surface area contributed by atoms with E-state index in [-0.39, 0.29) is 11.8 Å². The molecule has 0 bridgehead atoms. The van der Waals surface area contributed by atoms with Gasteiger partial charge in [-0.05, 0) is 31.5 Å². The maximum absolute atomic E-state index is 12.2. The third-order valence-corrected chi connectivity index (χ3v) is 3.52. The molecule has 2 rings (SSSR count). The zero-order valence-corrected chi connectivity index (χ0v) is 12.9. The first-order valence-corrected chi connectivity index (χ1v) is 7.31. The number of amides is 1. The summed E-state index contributed by atoms with van der Waals surface area (Å²) >= 11 is 5.77. The van der Waals surface area contributed by atoms with Crippen LogP contribution in [0.5, 0.6) is 0 Å². The monoisotopic (exact) mass is 303 g/mol. The molecule has 21 heavy (non-hydrogen) atoms. The molecule has 0 aliphatic heterocycles. The molecule has 2 aromatic rings. The molecule has 1 aromatic carbocycles. The van der Waals surface area contributed by atoms with Gasteiger partial charge >= 0.3 is 0 Å². The largest absolute Gasteiger partial charge is 0.467 e. The molecule has 110 valence electrons. The lowest BCUT2D eigenvalue weighted by Crippen LogP contribution is -2.30. The molecule has 0 saturated carbocycles. The van der Waals surface area contributed by atoms with Gasteiger partial charge in [-0.2, -0.15) is 0 Å². The molecule has 4 heteroatoms. The fourth-order valence-corrected chi connectivity index (χ4v) is 2.40. The first kappa shape index (κ1) is 15.4. The summed E-state index contributed by atoms with van der Waals surface area (Å²) in [7, 11) is 0. The second kappa shape index (κ2) is 7.14. The number of allylic oxidation sites excluding steroid dienone is 1. The Kier molecular flexibility index (Phi) is 5.23. The van der Waals surface area contributed by atoms with E-state index in [9.17, 15) is 4.79 Å². The van der Waals surface area contributed by atoms with Crippen molar-refractivity contribution in [1.29, 1.82) is 0 Å². The Morgan fingerprint density at radius 1 is 1.29 bits per heavy atom. The predicted molar refractivity (Wildman–Crippen MR) is 84.8 cm³/mol. The molecule has 1 heterocycles.